The van der Waals surface area contributed by atoms with Gasteiger partial charge in [-0.1, -0.05) is 35.9 Å². The molecule has 0 aliphatic rings. The average molecular weight is 375 g/mol. The van der Waals surface area contributed by atoms with Crippen LogP contribution in [0.2, 0.25) is 5.02 Å². The second-order valence-electron chi connectivity index (χ2n) is 5.55. The molecule has 1 aromatic heterocycles. The Bertz CT molecular complexity index is 869. The van der Waals surface area contributed by atoms with Crippen LogP contribution in [0.25, 0.3) is 0 Å². The van der Waals surface area contributed by atoms with Crippen molar-refractivity contribution < 1.29 is 13.9 Å². The standard InChI is InChI=1S/C18H16ClFN4O2/c19-16-7-15(20)5-6-17(16)26-10-18(25)22-8-13-1-3-14(4-2-13)9-24-12-21-11-23-24/h1-7,11-12H,8-10H2,(H,22,25). The van der Waals surface area contributed by atoms with E-state index in [0.717, 1.165) is 17.2 Å². The highest BCUT2D eigenvalue weighted by Crippen LogP contribution is 2.24. The van der Waals surface area contributed by atoms with Crippen molar-refractivity contribution in [2.24, 2.45) is 0 Å². The molecule has 0 atom stereocenters. The Kier molecular flexibility index (Phi) is 5.80. The van der Waals surface area contributed by atoms with Crippen LogP contribution in [-0.2, 0) is 17.9 Å². The maximum Gasteiger partial charge on any atom is 0.258 e. The van der Waals surface area contributed by atoms with E-state index in [1.54, 1.807) is 11.0 Å². The molecule has 0 saturated heterocycles. The van der Waals surface area contributed by atoms with Gasteiger partial charge < -0.3 is 10.1 Å². The zero-order chi connectivity index (χ0) is 18.4. The third-order valence-corrected chi connectivity index (χ3v) is 3.87. The number of nitrogens with zero attached hydrogens (tertiary/aromatic N) is 3. The van der Waals surface area contributed by atoms with Crippen molar-refractivity contribution in [1.29, 1.82) is 0 Å². The van der Waals surface area contributed by atoms with Gasteiger partial charge in [-0.2, -0.15) is 5.10 Å². The minimum absolute atomic E-state index is 0.126. The van der Waals surface area contributed by atoms with Gasteiger partial charge in [0, 0.05) is 6.54 Å². The molecule has 0 aliphatic carbocycles. The van der Waals surface area contributed by atoms with Crippen LogP contribution in [0.1, 0.15) is 11.1 Å². The number of hydrogen-bond acceptors (Lipinski definition) is 4. The van der Waals surface area contributed by atoms with Crippen LogP contribution < -0.4 is 10.1 Å². The normalized spacial score (nSPS) is 10.5. The second kappa shape index (κ2) is 8.44. The number of amides is 1. The van der Waals surface area contributed by atoms with E-state index in [-0.39, 0.29) is 23.3 Å². The highest BCUT2D eigenvalue weighted by molar-refractivity contribution is 6.32. The Hall–Kier alpha value is -2.93. The molecule has 6 nitrogen and oxygen atoms in total. The van der Waals surface area contributed by atoms with Gasteiger partial charge in [0.15, 0.2) is 6.61 Å². The highest BCUT2D eigenvalue weighted by atomic mass is 35.5. The predicted molar refractivity (Wildman–Crippen MR) is 94.3 cm³/mol. The van der Waals surface area contributed by atoms with Crippen molar-refractivity contribution in [2.45, 2.75) is 13.1 Å². The maximum atomic E-state index is 13.0. The summed E-state index contributed by atoms with van der Waals surface area (Å²) in [6.45, 7) is 0.817. The summed E-state index contributed by atoms with van der Waals surface area (Å²) >= 11 is 5.84. The third kappa shape index (κ3) is 5.03. The van der Waals surface area contributed by atoms with Crippen LogP contribution in [0.5, 0.6) is 5.75 Å². The summed E-state index contributed by atoms with van der Waals surface area (Å²) in [5.41, 5.74) is 2.04. The van der Waals surface area contributed by atoms with Crippen LogP contribution >= 0.6 is 11.6 Å². The molecule has 0 radical (unpaired) electrons. The Morgan fingerprint density at radius 2 is 1.96 bits per heavy atom. The molecule has 1 heterocycles. The lowest BCUT2D eigenvalue weighted by Gasteiger charge is -2.09. The summed E-state index contributed by atoms with van der Waals surface area (Å²) < 4.78 is 20.0. The molecule has 1 amide bonds. The van der Waals surface area contributed by atoms with Gasteiger partial charge >= 0.3 is 0 Å². The first-order chi connectivity index (χ1) is 12.6. The molecule has 0 saturated carbocycles. The molecule has 3 aromatic rings. The first-order valence-corrected chi connectivity index (χ1v) is 8.23. The van der Waals surface area contributed by atoms with Gasteiger partial charge in [-0.15, -0.1) is 0 Å². The van der Waals surface area contributed by atoms with Gasteiger partial charge in [0.05, 0.1) is 11.6 Å². The third-order valence-electron chi connectivity index (χ3n) is 3.58. The average Bonchev–Trinajstić information content (AvgIpc) is 3.13. The molecule has 26 heavy (non-hydrogen) atoms. The number of rotatable bonds is 7. The van der Waals surface area contributed by atoms with Gasteiger partial charge in [-0.3, -0.25) is 4.79 Å². The number of hydrogen-bond donors (Lipinski definition) is 1. The zero-order valence-corrected chi connectivity index (χ0v) is 14.5. The van der Waals surface area contributed by atoms with Crippen LogP contribution in [0.15, 0.2) is 55.1 Å². The van der Waals surface area contributed by atoms with Gasteiger partial charge in [-0.25, -0.2) is 14.1 Å². The van der Waals surface area contributed by atoms with E-state index >= 15 is 0 Å². The SMILES string of the molecule is O=C(COc1ccc(F)cc1Cl)NCc1ccc(Cn2cncn2)cc1. The minimum Gasteiger partial charge on any atom is -0.482 e. The second-order valence-corrected chi connectivity index (χ2v) is 5.96. The summed E-state index contributed by atoms with van der Waals surface area (Å²) in [7, 11) is 0. The van der Waals surface area contributed by atoms with Gasteiger partial charge in [0.1, 0.15) is 24.2 Å². The lowest BCUT2D eigenvalue weighted by Crippen LogP contribution is -2.28. The Labute approximate surface area is 154 Å². The minimum atomic E-state index is -0.459. The molecule has 8 heteroatoms. The first kappa shape index (κ1) is 17.9. The number of aromatic nitrogens is 3. The summed E-state index contributed by atoms with van der Waals surface area (Å²) in [5.74, 6) is -0.489. The molecule has 0 bridgehead atoms. The largest absolute Gasteiger partial charge is 0.482 e. The van der Waals surface area contributed by atoms with Crippen molar-refractivity contribution in [3.63, 3.8) is 0 Å². The van der Waals surface area contributed by atoms with Crippen molar-refractivity contribution in [2.75, 3.05) is 6.61 Å². The lowest BCUT2D eigenvalue weighted by atomic mass is 10.1. The molecule has 0 aliphatic heterocycles. The fourth-order valence-corrected chi connectivity index (χ4v) is 2.47. The van der Waals surface area contributed by atoms with Gasteiger partial charge in [-0.05, 0) is 29.3 Å². The smallest absolute Gasteiger partial charge is 0.258 e. The molecule has 2 aromatic carbocycles. The van der Waals surface area contributed by atoms with Crippen LogP contribution in [0.3, 0.4) is 0 Å². The predicted octanol–water partition coefficient (Wildman–Crippen LogP) is 2.81. The topological polar surface area (TPSA) is 69.0 Å². The van der Waals surface area contributed by atoms with Crippen molar-refractivity contribution >= 4 is 17.5 Å². The Balaban J connectivity index is 1.45. The van der Waals surface area contributed by atoms with E-state index in [1.165, 1.54) is 18.5 Å². The molecule has 0 unspecified atom stereocenters. The quantitative estimate of drug-likeness (QED) is 0.690. The Morgan fingerprint density at radius 3 is 2.65 bits per heavy atom. The molecule has 134 valence electrons. The highest BCUT2D eigenvalue weighted by Gasteiger charge is 2.07. The molecular formula is C18H16ClFN4O2. The van der Waals surface area contributed by atoms with Gasteiger partial charge in [0.25, 0.3) is 5.91 Å². The van der Waals surface area contributed by atoms with E-state index in [1.807, 2.05) is 24.3 Å². The molecular weight excluding hydrogens is 359 g/mol. The fraction of sp³-hybridized carbons (Fsp3) is 0.167. The van der Waals surface area contributed by atoms with E-state index in [4.69, 9.17) is 16.3 Å². The van der Waals surface area contributed by atoms with E-state index < -0.39 is 5.82 Å². The van der Waals surface area contributed by atoms with Crippen molar-refractivity contribution in [3.8, 4) is 5.75 Å². The number of ether oxygens (including phenoxy) is 1. The van der Waals surface area contributed by atoms with Crippen molar-refractivity contribution in [3.05, 3.63) is 77.1 Å². The number of benzene rings is 2. The summed E-state index contributed by atoms with van der Waals surface area (Å²) in [6, 6.07) is 11.6. The number of halogens is 2. The number of carbonyl (C=O) groups excluding carboxylic acids is 1. The summed E-state index contributed by atoms with van der Waals surface area (Å²) in [4.78, 5) is 15.8. The van der Waals surface area contributed by atoms with E-state index in [9.17, 15) is 9.18 Å². The summed E-state index contributed by atoms with van der Waals surface area (Å²) in [6.07, 6.45) is 3.15. The zero-order valence-electron chi connectivity index (χ0n) is 13.7. The number of nitrogens with one attached hydrogen (secondary N) is 1. The molecule has 1 N–H and O–H groups in total. The summed E-state index contributed by atoms with van der Waals surface area (Å²) in [5, 5.41) is 6.94. The van der Waals surface area contributed by atoms with Crippen molar-refractivity contribution in [1.82, 2.24) is 20.1 Å². The van der Waals surface area contributed by atoms with Gasteiger partial charge in [0.2, 0.25) is 0 Å². The lowest BCUT2D eigenvalue weighted by molar-refractivity contribution is -0.123. The van der Waals surface area contributed by atoms with E-state index in [2.05, 4.69) is 15.4 Å². The Morgan fingerprint density at radius 1 is 1.19 bits per heavy atom. The molecule has 3 rings (SSSR count). The first-order valence-electron chi connectivity index (χ1n) is 7.85. The molecule has 0 spiro atoms. The van der Waals surface area contributed by atoms with E-state index in [0.29, 0.717) is 13.1 Å². The fourth-order valence-electron chi connectivity index (χ4n) is 2.25. The van der Waals surface area contributed by atoms with Crippen LogP contribution in [0, 0.1) is 5.82 Å². The number of carbonyl (C=O) groups is 1. The molecule has 0 fully saturated rings. The van der Waals surface area contributed by atoms with Crippen LogP contribution in [-0.4, -0.2) is 27.3 Å². The maximum absolute atomic E-state index is 13.0. The monoisotopic (exact) mass is 374 g/mol. The van der Waals surface area contributed by atoms with Crippen LogP contribution in [0.4, 0.5) is 4.39 Å².